The van der Waals surface area contributed by atoms with Gasteiger partial charge in [0.15, 0.2) is 0 Å². The maximum Gasteiger partial charge on any atom is 0.136 e. The number of furan rings is 1. The smallest absolute Gasteiger partial charge is 0.136 e. The summed E-state index contributed by atoms with van der Waals surface area (Å²) in [4.78, 5) is 2.35. The highest BCUT2D eigenvalue weighted by molar-refractivity contribution is 6.10. The first-order valence-electron chi connectivity index (χ1n) is 15.7. The zero-order chi connectivity index (χ0) is 30.5. The van der Waals surface area contributed by atoms with Gasteiger partial charge in [0.1, 0.15) is 11.2 Å². The standard InChI is InChI=1S/C44H29NO/c1-2-9-30(10-3-1)34-13-8-14-39(26-34)45(40-24-21-31-11-4-5-12-33(31)27-40)38-22-19-32(20-23-38)35-17-18-36-29-44-42(28-37(36)25-35)41-15-6-7-16-43(41)46-44/h1-29H. The molecule has 0 aliphatic rings. The fourth-order valence-corrected chi connectivity index (χ4v) is 6.67. The Morgan fingerprint density at radius 2 is 0.935 bits per heavy atom. The Balaban J connectivity index is 1.13. The van der Waals surface area contributed by atoms with Gasteiger partial charge in [-0.3, -0.25) is 0 Å². The van der Waals surface area contributed by atoms with Gasteiger partial charge in [-0.1, -0.05) is 115 Å². The van der Waals surface area contributed by atoms with Crippen molar-refractivity contribution in [3.05, 3.63) is 176 Å². The minimum atomic E-state index is 0.925. The van der Waals surface area contributed by atoms with Gasteiger partial charge in [-0.2, -0.15) is 0 Å². The van der Waals surface area contributed by atoms with Crippen molar-refractivity contribution in [2.24, 2.45) is 0 Å². The summed E-state index contributed by atoms with van der Waals surface area (Å²) in [6, 6.07) is 62.9. The van der Waals surface area contributed by atoms with E-state index in [1.54, 1.807) is 0 Å². The molecular formula is C44H29NO. The largest absolute Gasteiger partial charge is 0.456 e. The number of rotatable bonds is 5. The first-order chi connectivity index (χ1) is 22.8. The van der Waals surface area contributed by atoms with Gasteiger partial charge in [0.2, 0.25) is 0 Å². The summed E-state index contributed by atoms with van der Waals surface area (Å²) in [5.41, 5.74) is 9.96. The molecule has 8 aromatic carbocycles. The molecule has 0 spiro atoms. The van der Waals surface area contributed by atoms with Crippen LogP contribution in [0.5, 0.6) is 0 Å². The third kappa shape index (κ3) is 4.60. The molecule has 0 unspecified atom stereocenters. The van der Waals surface area contributed by atoms with Crippen molar-refractivity contribution in [3.8, 4) is 22.3 Å². The Bertz CT molecular complexity index is 2530. The van der Waals surface area contributed by atoms with E-state index in [2.05, 4.69) is 169 Å². The second-order valence-corrected chi connectivity index (χ2v) is 11.8. The van der Waals surface area contributed by atoms with E-state index >= 15 is 0 Å². The summed E-state index contributed by atoms with van der Waals surface area (Å²) in [5.74, 6) is 0. The molecule has 1 aromatic heterocycles. The maximum absolute atomic E-state index is 6.14. The average molecular weight is 588 g/mol. The van der Waals surface area contributed by atoms with Gasteiger partial charge in [-0.15, -0.1) is 0 Å². The van der Waals surface area contributed by atoms with Gasteiger partial charge in [0, 0.05) is 27.8 Å². The van der Waals surface area contributed by atoms with Crippen molar-refractivity contribution in [2.45, 2.75) is 0 Å². The molecule has 0 N–H and O–H groups in total. The van der Waals surface area contributed by atoms with E-state index in [-0.39, 0.29) is 0 Å². The lowest BCUT2D eigenvalue weighted by molar-refractivity contribution is 0.669. The lowest BCUT2D eigenvalue weighted by atomic mass is 9.99. The van der Waals surface area contributed by atoms with Gasteiger partial charge < -0.3 is 9.32 Å². The van der Waals surface area contributed by atoms with E-state index in [0.717, 1.165) is 39.0 Å². The fraction of sp³-hybridized carbons (Fsp3) is 0. The molecule has 2 heteroatoms. The molecule has 0 saturated carbocycles. The van der Waals surface area contributed by atoms with Gasteiger partial charge in [-0.25, -0.2) is 0 Å². The second-order valence-electron chi connectivity index (χ2n) is 11.8. The number of benzene rings is 8. The molecule has 1 heterocycles. The predicted molar refractivity (Wildman–Crippen MR) is 194 cm³/mol. The molecule has 0 atom stereocenters. The monoisotopic (exact) mass is 587 g/mol. The lowest BCUT2D eigenvalue weighted by Gasteiger charge is -2.26. The van der Waals surface area contributed by atoms with Crippen LogP contribution < -0.4 is 4.90 Å². The second kappa shape index (κ2) is 10.8. The van der Waals surface area contributed by atoms with Crippen LogP contribution >= 0.6 is 0 Å². The molecule has 0 fully saturated rings. The Morgan fingerprint density at radius 1 is 0.304 bits per heavy atom. The minimum Gasteiger partial charge on any atom is -0.456 e. The number of para-hydroxylation sites is 1. The summed E-state index contributed by atoms with van der Waals surface area (Å²) in [6.45, 7) is 0. The number of nitrogens with zero attached hydrogens (tertiary/aromatic N) is 1. The third-order valence-electron chi connectivity index (χ3n) is 9.00. The highest BCUT2D eigenvalue weighted by Crippen LogP contribution is 2.39. The molecule has 0 amide bonds. The number of fused-ring (bicyclic) bond motifs is 5. The highest BCUT2D eigenvalue weighted by Gasteiger charge is 2.15. The molecular weight excluding hydrogens is 558 g/mol. The number of hydrogen-bond donors (Lipinski definition) is 0. The Labute approximate surface area is 267 Å². The van der Waals surface area contributed by atoms with Crippen molar-refractivity contribution in [1.29, 1.82) is 0 Å². The van der Waals surface area contributed by atoms with Gasteiger partial charge in [-0.05, 0) is 104 Å². The Morgan fingerprint density at radius 3 is 1.83 bits per heavy atom. The number of hydrogen-bond acceptors (Lipinski definition) is 2. The molecule has 0 saturated heterocycles. The zero-order valence-corrected chi connectivity index (χ0v) is 25.1. The maximum atomic E-state index is 6.14. The van der Waals surface area contributed by atoms with E-state index in [4.69, 9.17) is 4.42 Å². The van der Waals surface area contributed by atoms with Crippen molar-refractivity contribution >= 4 is 60.5 Å². The summed E-state index contributed by atoms with van der Waals surface area (Å²) in [7, 11) is 0. The zero-order valence-electron chi connectivity index (χ0n) is 25.1. The van der Waals surface area contributed by atoms with Crippen LogP contribution in [0.1, 0.15) is 0 Å². The molecule has 9 rings (SSSR count). The molecule has 0 aliphatic heterocycles. The highest BCUT2D eigenvalue weighted by atomic mass is 16.3. The van der Waals surface area contributed by atoms with Gasteiger partial charge >= 0.3 is 0 Å². The molecule has 0 radical (unpaired) electrons. The molecule has 0 aliphatic carbocycles. The van der Waals surface area contributed by atoms with Crippen molar-refractivity contribution in [2.75, 3.05) is 4.90 Å². The van der Waals surface area contributed by atoms with E-state index in [1.165, 1.54) is 43.8 Å². The predicted octanol–water partition coefficient (Wildman–Crippen LogP) is 12.7. The average Bonchev–Trinajstić information content (AvgIpc) is 3.48. The molecule has 216 valence electrons. The van der Waals surface area contributed by atoms with E-state index < -0.39 is 0 Å². The van der Waals surface area contributed by atoms with Crippen LogP contribution in [0.4, 0.5) is 17.1 Å². The van der Waals surface area contributed by atoms with Gasteiger partial charge in [0.25, 0.3) is 0 Å². The Kier molecular flexibility index (Phi) is 6.17. The Hall–Kier alpha value is -6.12. The van der Waals surface area contributed by atoms with Gasteiger partial charge in [0.05, 0.1) is 0 Å². The molecule has 0 bridgehead atoms. The van der Waals surface area contributed by atoms with Crippen LogP contribution in [-0.2, 0) is 0 Å². The van der Waals surface area contributed by atoms with E-state index in [9.17, 15) is 0 Å². The summed E-state index contributed by atoms with van der Waals surface area (Å²) < 4.78 is 6.14. The normalized spacial score (nSPS) is 11.5. The van der Waals surface area contributed by atoms with Crippen LogP contribution in [0.15, 0.2) is 180 Å². The molecule has 9 aromatic rings. The minimum absolute atomic E-state index is 0.925. The van der Waals surface area contributed by atoms with E-state index in [1.807, 2.05) is 12.1 Å². The number of anilines is 3. The summed E-state index contributed by atoms with van der Waals surface area (Å²) in [5, 5.41) is 7.13. The van der Waals surface area contributed by atoms with Crippen molar-refractivity contribution < 1.29 is 4.42 Å². The van der Waals surface area contributed by atoms with E-state index in [0.29, 0.717) is 0 Å². The van der Waals surface area contributed by atoms with Crippen molar-refractivity contribution in [1.82, 2.24) is 0 Å². The van der Waals surface area contributed by atoms with Crippen LogP contribution in [0.2, 0.25) is 0 Å². The van der Waals surface area contributed by atoms with Crippen LogP contribution in [-0.4, -0.2) is 0 Å². The fourth-order valence-electron chi connectivity index (χ4n) is 6.67. The lowest BCUT2D eigenvalue weighted by Crippen LogP contribution is -2.10. The third-order valence-corrected chi connectivity index (χ3v) is 9.00. The first kappa shape index (κ1) is 26.3. The first-order valence-corrected chi connectivity index (χ1v) is 15.7. The summed E-state index contributed by atoms with van der Waals surface area (Å²) >= 11 is 0. The van der Waals surface area contributed by atoms with Crippen molar-refractivity contribution in [3.63, 3.8) is 0 Å². The molecule has 2 nitrogen and oxygen atoms in total. The van der Waals surface area contributed by atoms with Crippen LogP contribution in [0.25, 0.3) is 65.7 Å². The topological polar surface area (TPSA) is 16.4 Å². The quantitative estimate of drug-likeness (QED) is 0.199. The van der Waals surface area contributed by atoms with Crippen LogP contribution in [0.3, 0.4) is 0 Å². The molecule has 46 heavy (non-hydrogen) atoms. The SMILES string of the molecule is c1ccc(-c2cccc(N(c3ccc(-c4ccc5cc6oc7ccccc7c6cc5c4)cc3)c3ccc4ccccc4c3)c2)cc1. The summed E-state index contributed by atoms with van der Waals surface area (Å²) in [6.07, 6.45) is 0. The van der Waals surface area contributed by atoms with Crippen LogP contribution in [0, 0.1) is 0 Å².